The zero-order valence-electron chi connectivity index (χ0n) is 7.84. The fraction of sp³-hybridized carbons (Fsp3) is 1.00. The highest BCUT2D eigenvalue weighted by atomic mass is 16.5. The van der Waals surface area contributed by atoms with Crippen LogP contribution in [0.15, 0.2) is 0 Å². The molecule has 0 aromatic heterocycles. The fourth-order valence-corrected chi connectivity index (χ4v) is 1.58. The largest absolute Gasteiger partial charge is 0.372 e. The Labute approximate surface area is 69.5 Å². The highest BCUT2D eigenvalue weighted by Gasteiger charge is 2.22. The van der Waals surface area contributed by atoms with Gasteiger partial charge in [0, 0.05) is 13.1 Å². The van der Waals surface area contributed by atoms with Crippen LogP contribution >= 0.6 is 0 Å². The summed E-state index contributed by atoms with van der Waals surface area (Å²) in [7, 11) is 2.17. The van der Waals surface area contributed by atoms with Crippen molar-refractivity contribution in [2.24, 2.45) is 0 Å². The van der Waals surface area contributed by atoms with Gasteiger partial charge < -0.3 is 9.64 Å². The van der Waals surface area contributed by atoms with E-state index in [0.29, 0.717) is 12.2 Å². The van der Waals surface area contributed by atoms with Crippen LogP contribution in [0.5, 0.6) is 0 Å². The Balaban J connectivity index is 2.37. The molecule has 1 aliphatic rings. The zero-order valence-corrected chi connectivity index (χ0v) is 7.84. The van der Waals surface area contributed by atoms with Gasteiger partial charge in [-0.05, 0) is 19.9 Å². The van der Waals surface area contributed by atoms with Crippen molar-refractivity contribution in [2.75, 3.05) is 20.1 Å². The fourth-order valence-electron chi connectivity index (χ4n) is 1.58. The molecule has 2 nitrogen and oxygen atoms in total. The number of likely N-dealkylation sites (N-methyl/N-ethyl adjacent to an activating group) is 1. The SMILES string of the molecule is CC[C@@H]1CN(C)C[C@@H](CC)O1. The molecule has 1 heterocycles. The molecule has 1 aliphatic heterocycles. The molecule has 1 fully saturated rings. The smallest absolute Gasteiger partial charge is 0.0703 e. The summed E-state index contributed by atoms with van der Waals surface area (Å²) in [5, 5.41) is 0. The Morgan fingerprint density at radius 1 is 1.18 bits per heavy atom. The van der Waals surface area contributed by atoms with Crippen molar-refractivity contribution in [2.45, 2.75) is 38.9 Å². The minimum absolute atomic E-state index is 0.471. The van der Waals surface area contributed by atoms with Crippen LogP contribution in [-0.2, 0) is 4.74 Å². The van der Waals surface area contributed by atoms with Gasteiger partial charge >= 0.3 is 0 Å². The van der Waals surface area contributed by atoms with E-state index in [9.17, 15) is 0 Å². The van der Waals surface area contributed by atoms with Gasteiger partial charge in [0.15, 0.2) is 0 Å². The molecule has 66 valence electrons. The van der Waals surface area contributed by atoms with Gasteiger partial charge in [-0.2, -0.15) is 0 Å². The Hall–Kier alpha value is -0.0800. The van der Waals surface area contributed by atoms with E-state index in [0.717, 1.165) is 25.9 Å². The summed E-state index contributed by atoms with van der Waals surface area (Å²) >= 11 is 0. The van der Waals surface area contributed by atoms with E-state index in [1.165, 1.54) is 0 Å². The van der Waals surface area contributed by atoms with E-state index < -0.39 is 0 Å². The molecule has 0 saturated carbocycles. The summed E-state index contributed by atoms with van der Waals surface area (Å²) in [5.41, 5.74) is 0. The minimum Gasteiger partial charge on any atom is -0.372 e. The summed E-state index contributed by atoms with van der Waals surface area (Å²) in [6, 6.07) is 0. The first kappa shape index (κ1) is 9.01. The molecule has 0 amide bonds. The maximum absolute atomic E-state index is 5.81. The molecule has 0 aromatic carbocycles. The molecular formula is C9H19NO. The number of ether oxygens (including phenoxy) is 1. The summed E-state index contributed by atoms with van der Waals surface area (Å²) in [6.07, 6.45) is 3.22. The number of nitrogens with zero attached hydrogens (tertiary/aromatic N) is 1. The van der Waals surface area contributed by atoms with E-state index in [4.69, 9.17) is 4.74 Å². The van der Waals surface area contributed by atoms with Crippen molar-refractivity contribution < 1.29 is 4.74 Å². The van der Waals surface area contributed by atoms with Crippen LogP contribution in [-0.4, -0.2) is 37.2 Å². The predicted octanol–water partition coefficient (Wildman–Crippen LogP) is 1.51. The van der Waals surface area contributed by atoms with Crippen LogP contribution in [0.3, 0.4) is 0 Å². The topological polar surface area (TPSA) is 12.5 Å². The van der Waals surface area contributed by atoms with Crippen molar-refractivity contribution in [3.63, 3.8) is 0 Å². The molecule has 0 bridgehead atoms. The third-order valence-corrected chi connectivity index (χ3v) is 2.33. The highest BCUT2D eigenvalue weighted by Crippen LogP contribution is 2.13. The maximum atomic E-state index is 5.81. The maximum Gasteiger partial charge on any atom is 0.0703 e. The van der Waals surface area contributed by atoms with Crippen LogP contribution < -0.4 is 0 Å². The number of morpholine rings is 1. The van der Waals surface area contributed by atoms with E-state index in [-0.39, 0.29) is 0 Å². The molecular weight excluding hydrogens is 138 g/mol. The summed E-state index contributed by atoms with van der Waals surface area (Å²) in [5.74, 6) is 0. The third kappa shape index (κ3) is 2.46. The van der Waals surface area contributed by atoms with Crippen LogP contribution in [0.25, 0.3) is 0 Å². The lowest BCUT2D eigenvalue weighted by Gasteiger charge is -2.35. The molecule has 0 spiro atoms. The minimum atomic E-state index is 0.471. The molecule has 0 radical (unpaired) electrons. The monoisotopic (exact) mass is 157 g/mol. The van der Waals surface area contributed by atoms with Crippen LogP contribution in [0.4, 0.5) is 0 Å². The average molecular weight is 157 g/mol. The normalized spacial score (nSPS) is 34.1. The number of hydrogen-bond acceptors (Lipinski definition) is 2. The molecule has 0 aromatic rings. The van der Waals surface area contributed by atoms with Gasteiger partial charge in [-0.3, -0.25) is 0 Å². The van der Waals surface area contributed by atoms with Gasteiger partial charge in [0.05, 0.1) is 12.2 Å². The van der Waals surface area contributed by atoms with E-state index >= 15 is 0 Å². The van der Waals surface area contributed by atoms with Crippen LogP contribution in [0, 0.1) is 0 Å². The first-order chi connectivity index (χ1) is 5.26. The quantitative estimate of drug-likeness (QED) is 0.602. The standard InChI is InChI=1S/C9H19NO/c1-4-8-6-10(3)7-9(5-2)11-8/h8-9H,4-7H2,1-3H3/t8-,9-/m1/s1. The van der Waals surface area contributed by atoms with Gasteiger partial charge in [-0.15, -0.1) is 0 Å². The lowest BCUT2D eigenvalue weighted by Crippen LogP contribution is -2.45. The summed E-state index contributed by atoms with van der Waals surface area (Å²) in [6.45, 7) is 6.59. The van der Waals surface area contributed by atoms with Gasteiger partial charge in [0.1, 0.15) is 0 Å². The Morgan fingerprint density at radius 2 is 1.64 bits per heavy atom. The van der Waals surface area contributed by atoms with Gasteiger partial charge in [0.25, 0.3) is 0 Å². The van der Waals surface area contributed by atoms with E-state index in [2.05, 4.69) is 25.8 Å². The Morgan fingerprint density at radius 3 is 2.00 bits per heavy atom. The zero-order chi connectivity index (χ0) is 8.27. The van der Waals surface area contributed by atoms with Crippen LogP contribution in [0.1, 0.15) is 26.7 Å². The lowest BCUT2D eigenvalue weighted by molar-refractivity contribution is -0.0799. The predicted molar refractivity (Wildman–Crippen MR) is 46.7 cm³/mol. The Kier molecular flexibility index (Phi) is 3.34. The van der Waals surface area contributed by atoms with Crippen molar-refractivity contribution in [1.82, 2.24) is 4.90 Å². The summed E-state index contributed by atoms with van der Waals surface area (Å²) in [4.78, 5) is 2.37. The van der Waals surface area contributed by atoms with Crippen LogP contribution in [0.2, 0.25) is 0 Å². The van der Waals surface area contributed by atoms with E-state index in [1.807, 2.05) is 0 Å². The van der Waals surface area contributed by atoms with Crippen molar-refractivity contribution in [1.29, 1.82) is 0 Å². The molecule has 11 heavy (non-hydrogen) atoms. The summed E-state index contributed by atoms with van der Waals surface area (Å²) < 4.78 is 5.81. The second-order valence-electron chi connectivity index (χ2n) is 3.42. The first-order valence-electron chi connectivity index (χ1n) is 4.60. The highest BCUT2D eigenvalue weighted by molar-refractivity contribution is 4.73. The molecule has 2 atom stereocenters. The Bertz CT molecular complexity index is 104. The molecule has 1 rings (SSSR count). The number of hydrogen-bond donors (Lipinski definition) is 0. The third-order valence-electron chi connectivity index (χ3n) is 2.33. The molecule has 2 heteroatoms. The van der Waals surface area contributed by atoms with Gasteiger partial charge in [0.2, 0.25) is 0 Å². The van der Waals surface area contributed by atoms with Crippen molar-refractivity contribution in [3.8, 4) is 0 Å². The van der Waals surface area contributed by atoms with Gasteiger partial charge in [-0.25, -0.2) is 0 Å². The van der Waals surface area contributed by atoms with E-state index in [1.54, 1.807) is 0 Å². The average Bonchev–Trinajstić information content (AvgIpc) is 2.03. The molecule has 1 saturated heterocycles. The molecule has 0 N–H and O–H groups in total. The second-order valence-corrected chi connectivity index (χ2v) is 3.42. The lowest BCUT2D eigenvalue weighted by atomic mass is 10.1. The molecule has 0 aliphatic carbocycles. The molecule has 0 unspecified atom stereocenters. The van der Waals surface area contributed by atoms with Gasteiger partial charge in [-0.1, -0.05) is 13.8 Å². The second kappa shape index (κ2) is 4.07. The number of rotatable bonds is 2. The first-order valence-corrected chi connectivity index (χ1v) is 4.60. The van der Waals surface area contributed by atoms with Crippen molar-refractivity contribution >= 4 is 0 Å². The van der Waals surface area contributed by atoms with Crippen molar-refractivity contribution in [3.05, 3.63) is 0 Å².